The average molecular weight is 282 g/mol. The first kappa shape index (κ1) is 15.0. The van der Waals surface area contributed by atoms with Gasteiger partial charge in [-0.2, -0.15) is 0 Å². The molecule has 0 saturated carbocycles. The Morgan fingerprint density at radius 1 is 1.60 bits per heavy atom. The van der Waals surface area contributed by atoms with Gasteiger partial charge < -0.3 is 19.7 Å². The highest BCUT2D eigenvalue weighted by Gasteiger charge is 2.30. The Morgan fingerprint density at radius 2 is 2.45 bits per heavy atom. The molecular weight excluding hydrogens is 260 g/mol. The van der Waals surface area contributed by atoms with Crippen molar-refractivity contribution in [3.63, 3.8) is 0 Å². The van der Waals surface area contributed by atoms with Crippen LogP contribution in [0.25, 0.3) is 0 Å². The summed E-state index contributed by atoms with van der Waals surface area (Å²) >= 11 is 0. The topological polar surface area (TPSA) is 67.9 Å². The van der Waals surface area contributed by atoms with Crippen molar-refractivity contribution in [2.75, 3.05) is 32.8 Å². The van der Waals surface area contributed by atoms with E-state index < -0.39 is 6.04 Å². The van der Waals surface area contributed by atoms with Crippen molar-refractivity contribution in [2.45, 2.75) is 31.4 Å². The van der Waals surface area contributed by atoms with E-state index in [4.69, 9.17) is 9.47 Å². The van der Waals surface area contributed by atoms with Gasteiger partial charge in [-0.3, -0.25) is 9.59 Å². The smallest absolute Gasteiger partial charge is 0.308 e. The highest BCUT2D eigenvalue weighted by molar-refractivity contribution is 5.87. The molecule has 0 aromatic carbocycles. The largest absolute Gasteiger partial charge is 0.463 e. The molecule has 2 saturated heterocycles. The summed E-state index contributed by atoms with van der Waals surface area (Å²) in [7, 11) is 0. The van der Waals surface area contributed by atoms with E-state index in [1.165, 1.54) is 0 Å². The summed E-state index contributed by atoms with van der Waals surface area (Å²) in [5.41, 5.74) is 0. The Morgan fingerprint density at radius 3 is 3.15 bits per heavy atom. The van der Waals surface area contributed by atoms with E-state index in [9.17, 15) is 9.59 Å². The monoisotopic (exact) mass is 282 g/mol. The van der Waals surface area contributed by atoms with E-state index in [1.807, 2.05) is 0 Å². The maximum Gasteiger partial charge on any atom is 0.308 e. The van der Waals surface area contributed by atoms with E-state index in [0.29, 0.717) is 19.6 Å². The van der Waals surface area contributed by atoms with Gasteiger partial charge in [0.15, 0.2) is 0 Å². The molecule has 2 aliphatic heterocycles. The van der Waals surface area contributed by atoms with Crippen LogP contribution in [0.1, 0.15) is 19.3 Å². The van der Waals surface area contributed by atoms with E-state index in [0.717, 1.165) is 19.4 Å². The van der Waals surface area contributed by atoms with Crippen molar-refractivity contribution < 1.29 is 19.1 Å². The van der Waals surface area contributed by atoms with Crippen LogP contribution in [0.15, 0.2) is 12.7 Å². The first-order valence-corrected chi connectivity index (χ1v) is 7.11. The number of ether oxygens (including phenoxy) is 2. The second-order valence-electron chi connectivity index (χ2n) is 5.10. The molecule has 6 heteroatoms. The van der Waals surface area contributed by atoms with Crippen LogP contribution in [0.2, 0.25) is 0 Å². The van der Waals surface area contributed by atoms with Gasteiger partial charge >= 0.3 is 5.97 Å². The van der Waals surface area contributed by atoms with E-state index in [1.54, 1.807) is 11.0 Å². The molecule has 2 heterocycles. The number of carbonyl (C=O) groups excluding carboxylic acids is 2. The normalized spacial score (nSPS) is 26.6. The fourth-order valence-corrected chi connectivity index (χ4v) is 2.48. The van der Waals surface area contributed by atoms with Gasteiger partial charge in [0, 0.05) is 26.2 Å². The van der Waals surface area contributed by atoms with Gasteiger partial charge in [0.2, 0.25) is 5.91 Å². The van der Waals surface area contributed by atoms with Gasteiger partial charge in [-0.15, -0.1) is 6.58 Å². The van der Waals surface area contributed by atoms with Crippen molar-refractivity contribution in [1.29, 1.82) is 0 Å². The highest BCUT2D eigenvalue weighted by Crippen LogP contribution is 2.13. The lowest BCUT2D eigenvalue weighted by molar-refractivity contribution is -0.150. The third-order valence-electron chi connectivity index (χ3n) is 3.56. The summed E-state index contributed by atoms with van der Waals surface area (Å²) in [5, 5.41) is 3.06. The van der Waals surface area contributed by atoms with Crippen LogP contribution < -0.4 is 5.32 Å². The molecule has 1 N–H and O–H groups in total. The zero-order valence-corrected chi connectivity index (χ0v) is 11.7. The summed E-state index contributed by atoms with van der Waals surface area (Å²) in [6.07, 6.45) is 3.73. The Kier molecular flexibility index (Phi) is 5.55. The second-order valence-corrected chi connectivity index (χ2v) is 5.10. The lowest BCUT2D eigenvalue weighted by Gasteiger charge is -2.32. The predicted octanol–water partition coefficient (Wildman–Crippen LogP) is 0.0851. The lowest BCUT2D eigenvalue weighted by atomic mass is 10.1. The van der Waals surface area contributed by atoms with E-state index in [2.05, 4.69) is 11.9 Å². The summed E-state index contributed by atoms with van der Waals surface area (Å²) < 4.78 is 10.6. The van der Waals surface area contributed by atoms with Crippen LogP contribution in [-0.2, 0) is 19.1 Å². The number of nitrogens with zero attached hydrogens (tertiary/aromatic N) is 1. The van der Waals surface area contributed by atoms with Gasteiger partial charge in [0.05, 0.1) is 18.6 Å². The molecule has 2 atom stereocenters. The van der Waals surface area contributed by atoms with Crippen molar-refractivity contribution in [3.05, 3.63) is 12.7 Å². The summed E-state index contributed by atoms with van der Waals surface area (Å²) in [6.45, 7) is 6.50. The van der Waals surface area contributed by atoms with Crippen molar-refractivity contribution >= 4 is 11.9 Å². The molecule has 0 aromatic heterocycles. The SMILES string of the molecule is C=CCN1CCNC(CC(=O)OCC2CCCO2)C1=O. The van der Waals surface area contributed by atoms with Gasteiger partial charge in [-0.25, -0.2) is 0 Å². The van der Waals surface area contributed by atoms with Gasteiger partial charge in [-0.05, 0) is 12.8 Å². The number of nitrogens with one attached hydrogen (secondary N) is 1. The lowest BCUT2D eigenvalue weighted by Crippen LogP contribution is -2.55. The maximum absolute atomic E-state index is 12.1. The third kappa shape index (κ3) is 4.05. The van der Waals surface area contributed by atoms with Gasteiger partial charge in [0.1, 0.15) is 6.61 Å². The number of rotatable bonds is 6. The Bertz CT molecular complexity index is 366. The molecule has 20 heavy (non-hydrogen) atoms. The van der Waals surface area contributed by atoms with Crippen molar-refractivity contribution in [2.24, 2.45) is 0 Å². The van der Waals surface area contributed by atoms with Crippen LogP contribution >= 0.6 is 0 Å². The molecule has 2 aliphatic rings. The zero-order chi connectivity index (χ0) is 14.4. The molecule has 6 nitrogen and oxygen atoms in total. The molecule has 1 amide bonds. The highest BCUT2D eigenvalue weighted by atomic mass is 16.6. The Balaban J connectivity index is 1.74. The van der Waals surface area contributed by atoms with Crippen LogP contribution in [0.4, 0.5) is 0 Å². The number of amides is 1. The molecular formula is C14H22N2O4. The van der Waals surface area contributed by atoms with Crippen LogP contribution in [0.3, 0.4) is 0 Å². The standard InChI is InChI=1S/C14H22N2O4/c1-2-6-16-7-5-15-12(14(16)18)9-13(17)20-10-11-4-3-8-19-11/h2,11-12,15H,1,3-10H2. The quantitative estimate of drug-likeness (QED) is 0.552. The van der Waals surface area contributed by atoms with E-state index in [-0.39, 0.29) is 31.0 Å². The number of hydrogen-bond donors (Lipinski definition) is 1. The minimum Gasteiger partial charge on any atom is -0.463 e. The Labute approximate surface area is 119 Å². The van der Waals surface area contributed by atoms with Crippen molar-refractivity contribution in [1.82, 2.24) is 10.2 Å². The fraction of sp³-hybridized carbons (Fsp3) is 0.714. The minimum atomic E-state index is -0.485. The molecule has 0 spiro atoms. The van der Waals surface area contributed by atoms with Crippen LogP contribution in [0.5, 0.6) is 0 Å². The molecule has 112 valence electrons. The molecule has 2 fully saturated rings. The number of carbonyl (C=O) groups is 2. The predicted molar refractivity (Wildman–Crippen MR) is 73.1 cm³/mol. The number of esters is 1. The third-order valence-corrected chi connectivity index (χ3v) is 3.56. The first-order chi connectivity index (χ1) is 9.70. The maximum atomic E-state index is 12.1. The van der Waals surface area contributed by atoms with Gasteiger partial charge in [-0.1, -0.05) is 6.08 Å². The molecule has 2 unspecified atom stereocenters. The summed E-state index contributed by atoms with van der Waals surface area (Å²) in [5.74, 6) is -0.419. The number of piperazine rings is 1. The average Bonchev–Trinajstić information content (AvgIpc) is 2.94. The second kappa shape index (κ2) is 7.40. The number of hydrogen-bond acceptors (Lipinski definition) is 5. The Hall–Kier alpha value is -1.40. The first-order valence-electron chi connectivity index (χ1n) is 7.11. The summed E-state index contributed by atoms with van der Waals surface area (Å²) in [6, 6.07) is -0.485. The fourth-order valence-electron chi connectivity index (χ4n) is 2.48. The van der Waals surface area contributed by atoms with Crippen molar-refractivity contribution in [3.8, 4) is 0 Å². The molecule has 2 rings (SSSR count). The summed E-state index contributed by atoms with van der Waals surface area (Å²) in [4.78, 5) is 25.6. The molecule has 0 bridgehead atoms. The molecule has 0 aliphatic carbocycles. The van der Waals surface area contributed by atoms with Crippen LogP contribution in [0, 0.1) is 0 Å². The van der Waals surface area contributed by atoms with Gasteiger partial charge in [0.25, 0.3) is 0 Å². The minimum absolute atomic E-state index is 0.0197. The zero-order valence-electron chi connectivity index (χ0n) is 11.7. The molecule has 0 aromatic rings. The molecule has 0 radical (unpaired) electrons. The van der Waals surface area contributed by atoms with Crippen LogP contribution in [-0.4, -0.2) is 61.8 Å². The van der Waals surface area contributed by atoms with E-state index >= 15 is 0 Å².